The van der Waals surface area contributed by atoms with Crippen LogP contribution in [0.25, 0.3) is 0 Å². The zero-order valence-electron chi connectivity index (χ0n) is 14.5. The predicted octanol–water partition coefficient (Wildman–Crippen LogP) is 3.96. The maximum Gasteiger partial charge on any atom is 0.237 e. The van der Waals surface area contributed by atoms with Gasteiger partial charge in [0, 0.05) is 13.1 Å². The maximum atomic E-state index is 13.7. The normalized spacial score (nSPS) is 20.3. The zero-order valence-corrected chi connectivity index (χ0v) is 15.3. The van der Waals surface area contributed by atoms with Crippen LogP contribution >= 0.6 is 12.4 Å². The van der Waals surface area contributed by atoms with Crippen molar-refractivity contribution in [2.24, 2.45) is 0 Å². The van der Waals surface area contributed by atoms with Crippen LogP contribution in [0, 0.1) is 5.82 Å². The summed E-state index contributed by atoms with van der Waals surface area (Å²) < 4.78 is 13.7. The SMILES string of the molecule is CCCCCCCN1CC(=O)N2CCc3ccc(F)cc3C2C1.Cl. The summed E-state index contributed by atoms with van der Waals surface area (Å²) in [6, 6.07) is 5.08. The van der Waals surface area contributed by atoms with Gasteiger partial charge in [0.1, 0.15) is 5.82 Å². The number of benzene rings is 1. The van der Waals surface area contributed by atoms with Crippen molar-refractivity contribution in [3.05, 3.63) is 35.1 Å². The molecule has 2 aliphatic rings. The fourth-order valence-electron chi connectivity index (χ4n) is 3.86. The number of fused-ring (bicyclic) bond motifs is 3. The molecule has 3 rings (SSSR count). The number of carbonyl (C=O) groups excluding carboxylic acids is 1. The van der Waals surface area contributed by atoms with Crippen LogP contribution in [0.15, 0.2) is 18.2 Å². The van der Waals surface area contributed by atoms with E-state index in [1.165, 1.54) is 37.3 Å². The molecule has 1 aromatic carbocycles. The minimum absolute atomic E-state index is 0. The number of hydrogen-bond acceptors (Lipinski definition) is 2. The van der Waals surface area contributed by atoms with Gasteiger partial charge < -0.3 is 4.90 Å². The van der Waals surface area contributed by atoms with Gasteiger partial charge in [-0.25, -0.2) is 4.39 Å². The summed E-state index contributed by atoms with van der Waals surface area (Å²) >= 11 is 0. The number of rotatable bonds is 6. The molecule has 0 saturated carbocycles. The molecule has 0 aromatic heterocycles. The molecule has 1 atom stereocenters. The number of halogens is 2. The second kappa shape index (κ2) is 8.82. The lowest BCUT2D eigenvalue weighted by molar-refractivity contribution is -0.140. The van der Waals surface area contributed by atoms with Gasteiger partial charge in [0.25, 0.3) is 0 Å². The fourth-order valence-corrected chi connectivity index (χ4v) is 3.86. The molecule has 1 fully saturated rings. The maximum absolute atomic E-state index is 13.7. The van der Waals surface area contributed by atoms with E-state index in [-0.39, 0.29) is 30.2 Å². The summed E-state index contributed by atoms with van der Waals surface area (Å²) in [5, 5.41) is 0. The topological polar surface area (TPSA) is 23.6 Å². The Morgan fingerprint density at radius 3 is 2.79 bits per heavy atom. The van der Waals surface area contributed by atoms with Gasteiger partial charge >= 0.3 is 0 Å². The summed E-state index contributed by atoms with van der Waals surface area (Å²) in [6.07, 6.45) is 7.05. The highest BCUT2D eigenvalue weighted by Crippen LogP contribution is 2.33. The van der Waals surface area contributed by atoms with Gasteiger partial charge in [0.15, 0.2) is 0 Å². The van der Waals surface area contributed by atoms with Crippen LogP contribution in [0.3, 0.4) is 0 Å². The first-order chi connectivity index (χ1) is 11.2. The van der Waals surface area contributed by atoms with E-state index in [1.807, 2.05) is 11.0 Å². The van der Waals surface area contributed by atoms with Gasteiger partial charge in [-0.15, -0.1) is 12.4 Å². The molecule has 0 N–H and O–H groups in total. The highest BCUT2D eigenvalue weighted by atomic mass is 35.5. The number of amides is 1. The lowest BCUT2D eigenvalue weighted by Gasteiger charge is -2.44. The Morgan fingerprint density at radius 2 is 2.00 bits per heavy atom. The Balaban J connectivity index is 0.00000208. The van der Waals surface area contributed by atoms with Gasteiger partial charge in [-0.1, -0.05) is 38.7 Å². The monoisotopic (exact) mass is 354 g/mol. The molecule has 24 heavy (non-hydrogen) atoms. The molecule has 1 aromatic rings. The minimum atomic E-state index is -0.199. The smallest absolute Gasteiger partial charge is 0.237 e. The van der Waals surface area contributed by atoms with E-state index in [1.54, 1.807) is 6.07 Å². The summed E-state index contributed by atoms with van der Waals surface area (Å²) in [5.41, 5.74) is 2.21. The molecule has 1 amide bonds. The van der Waals surface area contributed by atoms with E-state index >= 15 is 0 Å². The fraction of sp³-hybridized carbons (Fsp3) is 0.632. The molecular weight excluding hydrogens is 327 g/mol. The third-order valence-electron chi connectivity index (χ3n) is 5.15. The molecule has 0 bridgehead atoms. The molecule has 0 radical (unpaired) electrons. The van der Waals surface area contributed by atoms with Gasteiger partial charge in [0.05, 0.1) is 12.6 Å². The number of carbonyl (C=O) groups is 1. The van der Waals surface area contributed by atoms with Gasteiger partial charge in [-0.3, -0.25) is 9.69 Å². The molecule has 1 unspecified atom stereocenters. The van der Waals surface area contributed by atoms with Crippen LogP contribution in [0.1, 0.15) is 56.2 Å². The molecule has 2 aliphatic heterocycles. The Bertz CT molecular complexity index is 566. The largest absolute Gasteiger partial charge is 0.333 e. The quantitative estimate of drug-likeness (QED) is 0.722. The second-order valence-electron chi connectivity index (χ2n) is 6.85. The molecule has 1 saturated heterocycles. The summed E-state index contributed by atoms with van der Waals surface area (Å²) in [4.78, 5) is 16.7. The van der Waals surface area contributed by atoms with Gasteiger partial charge in [-0.05, 0) is 42.6 Å². The average molecular weight is 355 g/mol. The van der Waals surface area contributed by atoms with Crippen LogP contribution in [0.4, 0.5) is 4.39 Å². The number of hydrogen-bond donors (Lipinski definition) is 0. The molecular formula is C19H28ClFN2O. The van der Waals surface area contributed by atoms with E-state index < -0.39 is 0 Å². The summed E-state index contributed by atoms with van der Waals surface area (Å²) in [6.45, 7) is 5.33. The Labute approximate surface area is 150 Å². The summed E-state index contributed by atoms with van der Waals surface area (Å²) in [5.74, 6) is -0.000502. The Morgan fingerprint density at radius 1 is 1.21 bits per heavy atom. The third-order valence-corrected chi connectivity index (χ3v) is 5.15. The van der Waals surface area contributed by atoms with E-state index in [4.69, 9.17) is 0 Å². The zero-order chi connectivity index (χ0) is 16.2. The van der Waals surface area contributed by atoms with Crippen molar-refractivity contribution in [1.82, 2.24) is 9.80 Å². The highest BCUT2D eigenvalue weighted by molar-refractivity contribution is 5.85. The minimum Gasteiger partial charge on any atom is -0.333 e. The molecule has 2 heterocycles. The van der Waals surface area contributed by atoms with Crippen molar-refractivity contribution in [1.29, 1.82) is 0 Å². The van der Waals surface area contributed by atoms with Crippen molar-refractivity contribution in [3.8, 4) is 0 Å². The van der Waals surface area contributed by atoms with Crippen LogP contribution < -0.4 is 0 Å². The van der Waals surface area contributed by atoms with E-state index in [2.05, 4.69) is 11.8 Å². The number of nitrogens with zero attached hydrogens (tertiary/aromatic N) is 2. The molecule has 134 valence electrons. The number of piperazine rings is 1. The van der Waals surface area contributed by atoms with E-state index in [0.29, 0.717) is 6.54 Å². The standard InChI is InChI=1S/C19H27FN2O.ClH/c1-2-3-4-5-6-10-21-13-18-17-12-16(20)8-7-15(17)9-11-22(18)19(23)14-21;/h7-8,12,18H,2-6,9-11,13-14H2,1H3;1H. The van der Waals surface area contributed by atoms with Crippen molar-refractivity contribution in [2.45, 2.75) is 51.5 Å². The third kappa shape index (κ3) is 4.28. The van der Waals surface area contributed by atoms with Crippen molar-refractivity contribution >= 4 is 18.3 Å². The first kappa shape index (κ1) is 19.2. The second-order valence-corrected chi connectivity index (χ2v) is 6.85. The van der Waals surface area contributed by atoms with Crippen LogP contribution in [-0.4, -0.2) is 41.9 Å². The molecule has 5 heteroatoms. The summed E-state index contributed by atoms with van der Waals surface area (Å²) in [7, 11) is 0. The Hall–Kier alpha value is -1.13. The molecule has 0 spiro atoms. The van der Waals surface area contributed by atoms with Crippen molar-refractivity contribution < 1.29 is 9.18 Å². The van der Waals surface area contributed by atoms with Crippen molar-refractivity contribution in [3.63, 3.8) is 0 Å². The first-order valence-corrected chi connectivity index (χ1v) is 8.99. The van der Waals surface area contributed by atoms with E-state index in [9.17, 15) is 9.18 Å². The molecule has 3 nitrogen and oxygen atoms in total. The lowest BCUT2D eigenvalue weighted by Crippen LogP contribution is -2.54. The van der Waals surface area contributed by atoms with Gasteiger partial charge in [0.2, 0.25) is 5.91 Å². The predicted molar refractivity (Wildman–Crippen MR) is 97.0 cm³/mol. The molecule has 0 aliphatic carbocycles. The first-order valence-electron chi connectivity index (χ1n) is 8.99. The Kier molecular flexibility index (Phi) is 7.05. The van der Waals surface area contributed by atoms with E-state index in [0.717, 1.165) is 38.0 Å². The van der Waals surface area contributed by atoms with Gasteiger partial charge in [-0.2, -0.15) is 0 Å². The highest BCUT2D eigenvalue weighted by Gasteiger charge is 2.36. The average Bonchev–Trinajstić information content (AvgIpc) is 2.54. The lowest BCUT2D eigenvalue weighted by atomic mass is 9.90. The number of unbranched alkanes of at least 4 members (excludes halogenated alkanes) is 4. The van der Waals surface area contributed by atoms with Crippen molar-refractivity contribution in [2.75, 3.05) is 26.2 Å². The van der Waals surface area contributed by atoms with Crippen LogP contribution in [-0.2, 0) is 11.2 Å². The van der Waals surface area contributed by atoms with Crippen LogP contribution in [0.5, 0.6) is 0 Å². The van der Waals surface area contributed by atoms with Crippen LogP contribution in [0.2, 0.25) is 0 Å².